The molecular weight excluding hydrogens is 484 g/mol. The zero-order chi connectivity index (χ0) is 26.9. The molecule has 2 N–H and O–H groups in total. The van der Waals surface area contributed by atoms with Crippen LogP contribution in [0, 0.1) is 0 Å². The molecule has 0 saturated carbocycles. The van der Waals surface area contributed by atoms with Crippen LogP contribution in [0.15, 0.2) is 78.9 Å². The molecule has 0 aromatic heterocycles. The Hall–Kier alpha value is -3.13. The maximum Gasteiger partial charge on any atom is 0.251 e. The number of ketones is 1. The quantitative estimate of drug-likeness (QED) is 0.311. The predicted octanol–water partition coefficient (Wildman–Crippen LogP) is 4.92. The predicted molar refractivity (Wildman–Crippen MR) is 153 cm³/mol. The summed E-state index contributed by atoms with van der Waals surface area (Å²) in [6.45, 7) is 3.36. The molecule has 37 heavy (non-hydrogen) atoms. The maximum atomic E-state index is 12.3. The minimum absolute atomic E-state index is 0.0156. The molecule has 0 radical (unpaired) electrons. The van der Waals surface area contributed by atoms with Gasteiger partial charge >= 0.3 is 0 Å². The largest absolute Gasteiger partial charge is 0.493 e. The number of benzene rings is 3. The van der Waals surface area contributed by atoms with E-state index in [9.17, 15) is 9.59 Å². The molecule has 3 aromatic rings. The maximum absolute atomic E-state index is 12.3. The highest BCUT2D eigenvalue weighted by Gasteiger charge is 2.06. The summed E-state index contributed by atoms with van der Waals surface area (Å²) in [5.41, 5.74) is 4.27. The standard InChI is InChI=1S/C27H32N2O2S.C3H6O2/c1-29(2)17-7-16-28-27(30)24-14-12-23(13-15-24)25-9-6-8-22(20-25)21-32-19-18-31-26-10-4-3-5-11-26;1-3(5)2-4/h3-6,8-15,20H,7,16-19,21H2,1-2H3,(H,28,30);4H,2H2,1H3. The van der Waals surface area contributed by atoms with E-state index in [2.05, 4.69) is 34.5 Å². The molecule has 0 aliphatic heterocycles. The van der Waals surface area contributed by atoms with Gasteiger partial charge in [-0.2, -0.15) is 11.8 Å². The van der Waals surface area contributed by atoms with Crippen LogP contribution in [0.1, 0.15) is 29.3 Å². The molecule has 0 aliphatic rings. The van der Waals surface area contributed by atoms with Crippen molar-refractivity contribution in [1.82, 2.24) is 10.2 Å². The highest BCUT2D eigenvalue weighted by molar-refractivity contribution is 7.98. The third-order valence-corrected chi connectivity index (χ3v) is 6.20. The molecule has 3 aromatic carbocycles. The minimum Gasteiger partial charge on any atom is -0.493 e. The van der Waals surface area contributed by atoms with Gasteiger partial charge in [-0.25, -0.2) is 0 Å². The summed E-state index contributed by atoms with van der Waals surface area (Å²) in [6.07, 6.45) is 0.944. The third kappa shape index (κ3) is 12.6. The Morgan fingerprint density at radius 1 is 0.946 bits per heavy atom. The van der Waals surface area contributed by atoms with E-state index in [-0.39, 0.29) is 18.3 Å². The highest BCUT2D eigenvalue weighted by Crippen LogP contribution is 2.23. The van der Waals surface area contributed by atoms with E-state index in [0.717, 1.165) is 35.8 Å². The van der Waals surface area contributed by atoms with Gasteiger partial charge in [-0.15, -0.1) is 0 Å². The van der Waals surface area contributed by atoms with Crippen molar-refractivity contribution >= 4 is 23.5 Å². The number of carbonyl (C=O) groups excluding carboxylic acids is 2. The number of rotatable bonds is 13. The van der Waals surface area contributed by atoms with Crippen molar-refractivity contribution in [3.63, 3.8) is 0 Å². The number of aliphatic hydroxyl groups excluding tert-OH is 1. The molecular formula is C30H38N2O4S. The number of hydrogen-bond donors (Lipinski definition) is 2. The van der Waals surface area contributed by atoms with Crippen molar-refractivity contribution in [2.24, 2.45) is 0 Å². The van der Waals surface area contributed by atoms with Gasteiger partial charge in [0.25, 0.3) is 5.91 Å². The number of Topliss-reactive ketones (excluding diaryl/α,β-unsaturated/α-hetero) is 1. The van der Waals surface area contributed by atoms with Crippen LogP contribution in [-0.2, 0) is 10.5 Å². The van der Waals surface area contributed by atoms with E-state index in [1.807, 2.05) is 80.5 Å². The topological polar surface area (TPSA) is 78.9 Å². The molecule has 0 bridgehead atoms. The lowest BCUT2D eigenvalue weighted by atomic mass is 10.0. The summed E-state index contributed by atoms with van der Waals surface area (Å²) >= 11 is 1.87. The zero-order valence-corrected chi connectivity index (χ0v) is 22.8. The summed E-state index contributed by atoms with van der Waals surface area (Å²) in [6, 6.07) is 26.4. The van der Waals surface area contributed by atoms with Crippen molar-refractivity contribution in [3.05, 3.63) is 90.0 Å². The Balaban J connectivity index is 0.000000877. The average molecular weight is 523 g/mol. The average Bonchev–Trinajstić information content (AvgIpc) is 2.92. The fraction of sp³-hybridized carbons (Fsp3) is 0.333. The summed E-state index contributed by atoms with van der Waals surface area (Å²) in [5.74, 6) is 2.60. The van der Waals surface area contributed by atoms with Crippen molar-refractivity contribution in [2.45, 2.75) is 19.1 Å². The zero-order valence-electron chi connectivity index (χ0n) is 22.0. The van der Waals surface area contributed by atoms with Gasteiger partial charge in [0.05, 0.1) is 6.61 Å². The Bertz CT molecular complexity index is 1070. The number of nitrogens with one attached hydrogen (secondary N) is 1. The van der Waals surface area contributed by atoms with Crippen LogP contribution < -0.4 is 10.1 Å². The van der Waals surface area contributed by atoms with Crippen LogP contribution in [0.5, 0.6) is 5.75 Å². The van der Waals surface area contributed by atoms with Crippen LogP contribution in [0.25, 0.3) is 11.1 Å². The second kappa shape index (κ2) is 17.3. The van der Waals surface area contributed by atoms with Crippen LogP contribution in [-0.4, -0.2) is 67.8 Å². The number of carbonyl (C=O) groups is 2. The second-order valence-electron chi connectivity index (χ2n) is 8.76. The molecule has 6 nitrogen and oxygen atoms in total. The van der Waals surface area contributed by atoms with Gasteiger partial charge in [-0.05, 0) is 74.9 Å². The van der Waals surface area contributed by atoms with E-state index in [1.54, 1.807) is 0 Å². The lowest BCUT2D eigenvalue weighted by molar-refractivity contribution is -0.119. The van der Waals surface area contributed by atoms with Crippen molar-refractivity contribution in [2.75, 3.05) is 46.2 Å². The normalized spacial score (nSPS) is 10.4. The molecule has 0 aliphatic carbocycles. The lowest BCUT2D eigenvalue weighted by Crippen LogP contribution is -2.27. The van der Waals surface area contributed by atoms with Gasteiger partial charge in [0.15, 0.2) is 5.78 Å². The van der Waals surface area contributed by atoms with E-state index >= 15 is 0 Å². The highest BCUT2D eigenvalue weighted by atomic mass is 32.2. The summed E-state index contributed by atoms with van der Waals surface area (Å²) in [7, 11) is 4.07. The Kier molecular flexibility index (Phi) is 14.1. The SMILES string of the molecule is CC(=O)CO.CN(C)CCCNC(=O)c1ccc(-c2cccc(CSCCOc3ccccc3)c2)cc1. The fourth-order valence-electron chi connectivity index (χ4n) is 3.28. The first kappa shape index (κ1) is 30.1. The number of nitrogens with zero attached hydrogens (tertiary/aromatic N) is 1. The van der Waals surface area contributed by atoms with Gasteiger partial charge in [-0.1, -0.05) is 54.6 Å². The van der Waals surface area contributed by atoms with Crippen LogP contribution in [0.4, 0.5) is 0 Å². The van der Waals surface area contributed by atoms with Gasteiger partial charge < -0.3 is 20.1 Å². The first-order valence-electron chi connectivity index (χ1n) is 12.4. The smallest absolute Gasteiger partial charge is 0.251 e. The number of para-hydroxylation sites is 1. The number of amides is 1. The monoisotopic (exact) mass is 522 g/mol. The first-order valence-corrected chi connectivity index (χ1v) is 13.5. The number of hydrogen-bond acceptors (Lipinski definition) is 6. The number of ether oxygens (including phenoxy) is 1. The van der Waals surface area contributed by atoms with Gasteiger partial charge in [0.2, 0.25) is 0 Å². The van der Waals surface area contributed by atoms with E-state index < -0.39 is 0 Å². The molecule has 0 saturated heterocycles. The molecule has 0 fully saturated rings. The van der Waals surface area contributed by atoms with Crippen molar-refractivity contribution < 1.29 is 19.4 Å². The molecule has 7 heteroatoms. The summed E-state index contributed by atoms with van der Waals surface area (Å²) < 4.78 is 5.75. The molecule has 3 rings (SSSR count). The third-order valence-electron chi connectivity index (χ3n) is 5.21. The fourth-order valence-corrected chi connectivity index (χ4v) is 4.04. The van der Waals surface area contributed by atoms with Crippen LogP contribution >= 0.6 is 11.8 Å². The summed E-state index contributed by atoms with van der Waals surface area (Å²) in [4.78, 5) is 24.0. The first-order chi connectivity index (χ1) is 17.9. The number of thioether (sulfide) groups is 1. The summed E-state index contributed by atoms with van der Waals surface area (Å²) in [5, 5.41) is 10.8. The minimum atomic E-state index is -0.333. The van der Waals surface area contributed by atoms with Crippen LogP contribution in [0.2, 0.25) is 0 Å². The molecule has 0 atom stereocenters. The molecule has 198 valence electrons. The molecule has 0 spiro atoms. The molecule has 1 amide bonds. The Labute approximate surface area is 225 Å². The van der Waals surface area contributed by atoms with Gasteiger partial charge in [0.1, 0.15) is 12.4 Å². The Morgan fingerprint density at radius 3 is 2.30 bits per heavy atom. The lowest BCUT2D eigenvalue weighted by Gasteiger charge is -2.10. The van der Waals surface area contributed by atoms with Gasteiger partial charge in [0, 0.05) is 23.6 Å². The molecule has 0 unspecified atom stereocenters. The van der Waals surface area contributed by atoms with Crippen LogP contribution in [0.3, 0.4) is 0 Å². The van der Waals surface area contributed by atoms with Crippen molar-refractivity contribution in [3.8, 4) is 16.9 Å². The Morgan fingerprint density at radius 2 is 1.65 bits per heavy atom. The van der Waals surface area contributed by atoms with E-state index in [4.69, 9.17) is 9.84 Å². The van der Waals surface area contributed by atoms with E-state index in [0.29, 0.717) is 18.7 Å². The number of aliphatic hydroxyl groups is 1. The second-order valence-corrected chi connectivity index (χ2v) is 9.87. The van der Waals surface area contributed by atoms with Gasteiger partial charge in [-0.3, -0.25) is 9.59 Å². The molecule has 0 heterocycles. The van der Waals surface area contributed by atoms with Crippen molar-refractivity contribution in [1.29, 1.82) is 0 Å². The van der Waals surface area contributed by atoms with E-state index in [1.165, 1.54) is 18.1 Å².